The molecule has 1 saturated heterocycles. The normalized spacial score (nSPS) is 34.0. The van der Waals surface area contributed by atoms with E-state index in [1.807, 2.05) is 0 Å². The summed E-state index contributed by atoms with van der Waals surface area (Å²) in [7, 11) is 0. The molecule has 3 atom stereocenters. The van der Waals surface area contributed by atoms with Crippen LogP contribution in [0.15, 0.2) is 0 Å². The number of hydrogen-bond donors (Lipinski definition) is 2. The van der Waals surface area contributed by atoms with Crippen LogP contribution < -0.4 is 5.73 Å². The lowest BCUT2D eigenvalue weighted by Gasteiger charge is -2.22. The van der Waals surface area contributed by atoms with E-state index in [9.17, 15) is 5.11 Å². The molecule has 0 amide bonds. The third kappa shape index (κ3) is 1.97. The molecule has 72 valence electrons. The zero-order chi connectivity index (χ0) is 9.14. The molecular weight excluding hydrogens is 152 g/mol. The number of hydrogen-bond acceptors (Lipinski definition) is 3. The third-order valence-electron chi connectivity index (χ3n) is 2.92. The molecular formula is C9H20N2O. The third-order valence-corrected chi connectivity index (χ3v) is 2.92. The van der Waals surface area contributed by atoms with Gasteiger partial charge in [-0.25, -0.2) is 0 Å². The number of aliphatic hydroxyl groups is 1. The van der Waals surface area contributed by atoms with Crippen LogP contribution in [0.4, 0.5) is 0 Å². The van der Waals surface area contributed by atoms with E-state index >= 15 is 0 Å². The van der Waals surface area contributed by atoms with E-state index < -0.39 is 0 Å². The summed E-state index contributed by atoms with van der Waals surface area (Å²) in [6.07, 6.45) is 0.929. The minimum Gasteiger partial charge on any atom is -0.391 e. The molecule has 1 aliphatic heterocycles. The lowest BCUT2D eigenvalue weighted by molar-refractivity contribution is 0.136. The van der Waals surface area contributed by atoms with Gasteiger partial charge < -0.3 is 10.8 Å². The van der Waals surface area contributed by atoms with E-state index in [2.05, 4.69) is 18.7 Å². The fraction of sp³-hybridized carbons (Fsp3) is 1.00. The van der Waals surface area contributed by atoms with Crippen molar-refractivity contribution in [1.82, 2.24) is 4.90 Å². The molecule has 3 N–H and O–H groups in total. The molecule has 12 heavy (non-hydrogen) atoms. The Bertz CT molecular complexity index is 140. The highest BCUT2D eigenvalue weighted by atomic mass is 16.3. The van der Waals surface area contributed by atoms with Gasteiger partial charge in [0.2, 0.25) is 0 Å². The Kier molecular flexibility index (Phi) is 3.50. The van der Waals surface area contributed by atoms with Crippen LogP contribution in [0.25, 0.3) is 0 Å². The Morgan fingerprint density at radius 3 is 2.67 bits per heavy atom. The van der Waals surface area contributed by atoms with Gasteiger partial charge in [-0.1, -0.05) is 6.92 Å². The molecule has 3 heteroatoms. The first-order valence-electron chi connectivity index (χ1n) is 4.81. The summed E-state index contributed by atoms with van der Waals surface area (Å²) in [6, 6.07) is 0.413. The highest BCUT2D eigenvalue weighted by Crippen LogP contribution is 2.21. The zero-order valence-corrected chi connectivity index (χ0v) is 8.03. The Morgan fingerprint density at radius 2 is 2.25 bits per heavy atom. The second-order valence-corrected chi connectivity index (χ2v) is 3.77. The van der Waals surface area contributed by atoms with Crippen LogP contribution in [0.3, 0.4) is 0 Å². The lowest BCUT2D eigenvalue weighted by atomic mass is 10.0. The van der Waals surface area contributed by atoms with Crippen molar-refractivity contribution in [3.8, 4) is 0 Å². The summed E-state index contributed by atoms with van der Waals surface area (Å²) in [4.78, 5) is 2.28. The Balaban J connectivity index is 2.42. The summed E-state index contributed by atoms with van der Waals surface area (Å²) in [5, 5.41) is 9.62. The van der Waals surface area contributed by atoms with Gasteiger partial charge in [0.05, 0.1) is 6.10 Å². The summed E-state index contributed by atoms with van der Waals surface area (Å²) >= 11 is 0. The number of β-amino-alcohol motifs (C(OH)–C–C–N with tert-alkyl or cyclic N) is 1. The van der Waals surface area contributed by atoms with Gasteiger partial charge in [0.1, 0.15) is 0 Å². The summed E-state index contributed by atoms with van der Waals surface area (Å²) in [6.45, 7) is 6.74. The first-order valence-corrected chi connectivity index (χ1v) is 4.81. The molecule has 0 aromatic heterocycles. The predicted molar refractivity (Wildman–Crippen MR) is 49.9 cm³/mol. The fourth-order valence-electron chi connectivity index (χ4n) is 1.80. The van der Waals surface area contributed by atoms with Gasteiger partial charge in [-0.05, 0) is 19.3 Å². The molecule has 1 heterocycles. The van der Waals surface area contributed by atoms with Gasteiger partial charge in [-0.15, -0.1) is 0 Å². The summed E-state index contributed by atoms with van der Waals surface area (Å²) in [5.41, 5.74) is 5.56. The van der Waals surface area contributed by atoms with Gasteiger partial charge in [0, 0.05) is 25.7 Å². The monoisotopic (exact) mass is 172 g/mol. The summed E-state index contributed by atoms with van der Waals surface area (Å²) < 4.78 is 0. The van der Waals surface area contributed by atoms with E-state index in [0.717, 1.165) is 19.5 Å². The predicted octanol–water partition coefficient (Wildman–Crippen LogP) is 0.0363. The maximum absolute atomic E-state index is 9.62. The molecule has 3 nitrogen and oxygen atoms in total. The number of nitrogens with zero attached hydrogens (tertiary/aromatic N) is 1. The summed E-state index contributed by atoms with van der Waals surface area (Å²) in [5.74, 6) is 0.457. The van der Waals surface area contributed by atoms with E-state index in [0.29, 0.717) is 18.5 Å². The molecule has 0 spiro atoms. The second-order valence-electron chi connectivity index (χ2n) is 3.77. The van der Waals surface area contributed by atoms with Crippen molar-refractivity contribution >= 4 is 0 Å². The first kappa shape index (κ1) is 9.96. The SMILES string of the molecule is CCC1CN(C(C)CN)CC1O. The van der Waals surface area contributed by atoms with E-state index in [4.69, 9.17) is 5.73 Å². The van der Waals surface area contributed by atoms with Crippen molar-refractivity contribution < 1.29 is 5.11 Å². The largest absolute Gasteiger partial charge is 0.391 e. The maximum Gasteiger partial charge on any atom is 0.0707 e. The van der Waals surface area contributed by atoms with Crippen LogP contribution in [0, 0.1) is 5.92 Å². The average molecular weight is 172 g/mol. The van der Waals surface area contributed by atoms with Crippen molar-refractivity contribution in [2.45, 2.75) is 32.4 Å². The number of likely N-dealkylation sites (tertiary alicyclic amines) is 1. The number of aliphatic hydroxyl groups excluding tert-OH is 1. The standard InChI is InChI=1S/C9H20N2O/c1-3-8-5-11(6-9(8)12)7(2)4-10/h7-9,12H,3-6,10H2,1-2H3. The topological polar surface area (TPSA) is 49.5 Å². The van der Waals surface area contributed by atoms with Crippen molar-refractivity contribution in [3.63, 3.8) is 0 Å². The molecule has 0 aliphatic carbocycles. The Morgan fingerprint density at radius 1 is 1.58 bits per heavy atom. The lowest BCUT2D eigenvalue weighted by Crippen LogP contribution is -2.37. The van der Waals surface area contributed by atoms with Gasteiger partial charge in [0.25, 0.3) is 0 Å². The van der Waals surface area contributed by atoms with Crippen molar-refractivity contribution in [2.75, 3.05) is 19.6 Å². The maximum atomic E-state index is 9.62. The molecule has 1 aliphatic rings. The van der Waals surface area contributed by atoms with Crippen molar-refractivity contribution in [2.24, 2.45) is 11.7 Å². The molecule has 0 aromatic rings. The number of rotatable bonds is 3. The fourth-order valence-corrected chi connectivity index (χ4v) is 1.80. The van der Waals surface area contributed by atoms with Crippen molar-refractivity contribution in [1.29, 1.82) is 0 Å². The van der Waals surface area contributed by atoms with Crippen LogP contribution >= 0.6 is 0 Å². The van der Waals surface area contributed by atoms with E-state index in [1.54, 1.807) is 0 Å². The molecule has 3 unspecified atom stereocenters. The molecule has 1 rings (SSSR count). The molecule has 0 saturated carbocycles. The average Bonchev–Trinajstić information content (AvgIpc) is 2.45. The Hall–Kier alpha value is -0.120. The first-order chi connectivity index (χ1) is 5.69. The van der Waals surface area contributed by atoms with Gasteiger partial charge >= 0.3 is 0 Å². The van der Waals surface area contributed by atoms with Crippen molar-refractivity contribution in [3.05, 3.63) is 0 Å². The van der Waals surface area contributed by atoms with Gasteiger partial charge in [-0.2, -0.15) is 0 Å². The molecule has 0 radical (unpaired) electrons. The second kappa shape index (κ2) is 4.21. The van der Waals surface area contributed by atoms with E-state index in [-0.39, 0.29) is 6.10 Å². The highest BCUT2D eigenvalue weighted by Gasteiger charge is 2.31. The molecule has 0 bridgehead atoms. The minimum atomic E-state index is -0.135. The minimum absolute atomic E-state index is 0.135. The van der Waals surface area contributed by atoms with Crippen LogP contribution in [0.1, 0.15) is 20.3 Å². The smallest absolute Gasteiger partial charge is 0.0707 e. The van der Waals surface area contributed by atoms with Crippen LogP contribution in [0.5, 0.6) is 0 Å². The van der Waals surface area contributed by atoms with Crippen LogP contribution in [-0.2, 0) is 0 Å². The number of nitrogens with two attached hydrogens (primary N) is 1. The Labute approximate surface area is 74.5 Å². The highest BCUT2D eigenvalue weighted by molar-refractivity contribution is 4.85. The van der Waals surface area contributed by atoms with Crippen LogP contribution in [-0.4, -0.2) is 41.8 Å². The van der Waals surface area contributed by atoms with Crippen LogP contribution in [0.2, 0.25) is 0 Å². The van der Waals surface area contributed by atoms with E-state index in [1.165, 1.54) is 0 Å². The quantitative estimate of drug-likeness (QED) is 0.632. The molecule has 0 aromatic carbocycles. The van der Waals surface area contributed by atoms with Gasteiger partial charge in [0.15, 0.2) is 0 Å². The zero-order valence-electron chi connectivity index (χ0n) is 8.03. The van der Waals surface area contributed by atoms with Gasteiger partial charge in [-0.3, -0.25) is 4.90 Å². The molecule has 1 fully saturated rings.